The van der Waals surface area contributed by atoms with Crippen molar-refractivity contribution < 1.29 is 0 Å². The summed E-state index contributed by atoms with van der Waals surface area (Å²) < 4.78 is 1.14. The topological polar surface area (TPSA) is 26.0 Å². The molecular formula is C19H20BrN. The molecule has 0 aliphatic heterocycles. The maximum Gasteiger partial charge on any atom is 0.0178 e. The molecule has 1 nitrogen and oxygen atoms in total. The van der Waals surface area contributed by atoms with Crippen LogP contribution in [-0.4, -0.2) is 6.04 Å². The number of rotatable bonds is 3. The minimum atomic E-state index is 0.278. The Labute approximate surface area is 134 Å². The van der Waals surface area contributed by atoms with Crippen LogP contribution >= 0.6 is 15.9 Å². The van der Waals surface area contributed by atoms with Gasteiger partial charge in [-0.25, -0.2) is 0 Å². The summed E-state index contributed by atoms with van der Waals surface area (Å²) in [4.78, 5) is 0. The monoisotopic (exact) mass is 341 g/mol. The summed E-state index contributed by atoms with van der Waals surface area (Å²) in [7, 11) is 0. The van der Waals surface area contributed by atoms with Gasteiger partial charge in [0, 0.05) is 10.5 Å². The quantitative estimate of drug-likeness (QED) is 0.885. The van der Waals surface area contributed by atoms with Crippen molar-refractivity contribution in [3.63, 3.8) is 0 Å². The number of halogens is 1. The zero-order valence-electron chi connectivity index (χ0n) is 12.0. The van der Waals surface area contributed by atoms with E-state index in [0.717, 1.165) is 22.7 Å². The lowest BCUT2D eigenvalue weighted by Crippen LogP contribution is -2.26. The highest BCUT2D eigenvalue weighted by Gasteiger charge is 2.55. The van der Waals surface area contributed by atoms with Crippen LogP contribution in [0.5, 0.6) is 0 Å². The van der Waals surface area contributed by atoms with Gasteiger partial charge in [0.2, 0.25) is 0 Å². The van der Waals surface area contributed by atoms with E-state index < -0.39 is 0 Å². The standard InChI is InChI=1S/C19H20BrN/c20-14-6-3-4-12(10-14)11-17(21)19-16-9-8-13-5-1-2-7-15(13)18(16)19/h1-7,10,16-19H,8-9,11,21H2. The van der Waals surface area contributed by atoms with Gasteiger partial charge in [0.15, 0.2) is 0 Å². The SMILES string of the molecule is NC(Cc1cccc(Br)c1)C1C2CCc3ccccc3C21. The van der Waals surface area contributed by atoms with Crippen LogP contribution in [0, 0.1) is 11.8 Å². The van der Waals surface area contributed by atoms with E-state index >= 15 is 0 Å². The normalized spacial score (nSPS) is 27.6. The van der Waals surface area contributed by atoms with Crippen molar-refractivity contribution in [3.05, 3.63) is 69.7 Å². The molecule has 2 N–H and O–H groups in total. The fourth-order valence-electron chi connectivity index (χ4n) is 4.28. The number of aryl methyl sites for hydroxylation is 1. The highest BCUT2D eigenvalue weighted by atomic mass is 79.9. The van der Waals surface area contributed by atoms with Gasteiger partial charge in [-0.05, 0) is 65.8 Å². The van der Waals surface area contributed by atoms with Gasteiger partial charge in [0.25, 0.3) is 0 Å². The summed E-state index contributed by atoms with van der Waals surface area (Å²) in [5.41, 5.74) is 11.0. The van der Waals surface area contributed by atoms with Crippen molar-refractivity contribution in [2.45, 2.75) is 31.2 Å². The van der Waals surface area contributed by atoms with Crippen molar-refractivity contribution in [2.75, 3.05) is 0 Å². The highest BCUT2D eigenvalue weighted by Crippen LogP contribution is 2.61. The first-order valence-corrected chi connectivity index (χ1v) is 8.61. The predicted octanol–water partition coefficient (Wildman–Crippen LogP) is 4.29. The molecule has 1 saturated carbocycles. The Morgan fingerprint density at radius 1 is 1.14 bits per heavy atom. The molecule has 0 aromatic heterocycles. The van der Waals surface area contributed by atoms with E-state index in [2.05, 4.69) is 64.5 Å². The van der Waals surface area contributed by atoms with Crippen LogP contribution < -0.4 is 5.73 Å². The van der Waals surface area contributed by atoms with E-state index in [1.54, 1.807) is 11.1 Å². The molecule has 21 heavy (non-hydrogen) atoms. The van der Waals surface area contributed by atoms with E-state index in [-0.39, 0.29) is 6.04 Å². The Morgan fingerprint density at radius 3 is 2.86 bits per heavy atom. The second kappa shape index (κ2) is 5.26. The molecule has 4 rings (SSSR count). The van der Waals surface area contributed by atoms with Crippen molar-refractivity contribution in [1.82, 2.24) is 0 Å². The molecule has 2 aromatic carbocycles. The minimum Gasteiger partial charge on any atom is -0.327 e. The third-order valence-electron chi connectivity index (χ3n) is 5.25. The van der Waals surface area contributed by atoms with Crippen molar-refractivity contribution in [1.29, 1.82) is 0 Å². The Kier molecular flexibility index (Phi) is 3.39. The molecule has 0 radical (unpaired) electrons. The second-order valence-corrected chi connectivity index (χ2v) is 7.42. The molecular weight excluding hydrogens is 322 g/mol. The molecule has 108 valence electrons. The Bertz CT molecular complexity index is 666. The van der Waals surface area contributed by atoms with Gasteiger partial charge in [-0.15, -0.1) is 0 Å². The van der Waals surface area contributed by atoms with Crippen LogP contribution in [0.2, 0.25) is 0 Å². The summed E-state index contributed by atoms with van der Waals surface area (Å²) in [5, 5.41) is 0. The number of nitrogens with two attached hydrogens (primary N) is 1. The molecule has 0 amide bonds. The van der Waals surface area contributed by atoms with E-state index in [9.17, 15) is 0 Å². The molecule has 0 saturated heterocycles. The van der Waals surface area contributed by atoms with Crippen LogP contribution in [0.25, 0.3) is 0 Å². The van der Waals surface area contributed by atoms with Gasteiger partial charge >= 0.3 is 0 Å². The van der Waals surface area contributed by atoms with E-state index in [1.807, 2.05) is 0 Å². The summed E-state index contributed by atoms with van der Waals surface area (Å²) >= 11 is 3.55. The first kappa shape index (κ1) is 13.5. The van der Waals surface area contributed by atoms with Gasteiger partial charge in [0.1, 0.15) is 0 Å². The van der Waals surface area contributed by atoms with Gasteiger partial charge in [0.05, 0.1) is 0 Å². The molecule has 2 aliphatic carbocycles. The van der Waals surface area contributed by atoms with Crippen LogP contribution in [0.1, 0.15) is 29.0 Å². The number of hydrogen-bond donors (Lipinski definition) is 1. The molecule has 2 aromatic rings. The first-order chi connectivity index (χ1) is 10.2. The largest absolute Gasteiger partial charge is 0.327 e. The average molecular weight is 342 g/mol. The zero-order valence-corrected chi connectivity index (χ0v) is 13.6. The summed E-state index contributed by atoms with van der Waals surface area (Å²) in [5.74, 6) is 2.21. The summed E-state index contributed by atoms with van der Waals surface area (Å²) in [6.07, 6.45) is 3.54. The Balaban J connectivity index is 1.52. The lowest BCUT2D eigenvalue weighted by Gasteiger charge is -2.14. The third kappa shape index (κ3) is 2.45. The molecule has 1 fully saturated rings. The lowest BCUT2D eigenvalue weighted by atomic mass is 9.92. The maximum atomic E-state index is 6.56. The van der Waals surface area contributed by atoms with Gasteiger partial charge in [-0.1, -0.05) is 52.3 Å². The molecule has 0 spiro atoms. The first-order valence-electron chi connectivity index (χ1n) is 7.82. The number of benzene rings is 2. The smallest absolute Gasteiger partial charge is 0.0178 e. The Hall–Kier alpha value is -1.12. The molecule has 4 unspecified atom stereocenters. The highest BCUT2D eigenvalue weighted by molar-refractivity contribution is 9.10. The van der Waals surface area contributed by atoms with Crippen LogP contribution in [0.15, 0.2) is 53.0 Å². The van der Waals surface area contributed by atoms with Gasteiger partial charge < -0.3 is 5.73 Å². The average Bonchev–Trinajstić information content (AvgIpc) is 3.22. The van der Waals surface area contributed by atoms with Crippen LogP contribution in [-0.2, 0) is 12.8 Å². The fourth-order valence-corrected chi connectivity index (χ4v) is 4.72. The van der Waals surface area contributed by atoms with E-state index in [1.165, 1.54) is 18.4 Å². The minimum absolute atomic E-state index is 0.278. The van der Waals surface area contributed by atoms with Crippen LogP contribution in [0.4, 0.5) is 0 Å². The van der Waals surface area contributed by atoms with Gasteiger partial charge in [-0.3, -0.25) is 0 Å². The molecule has 0 heterocycles. The molecule has 0 bridgehead atoms. The number of fused-ring (bicyclic) bond motifs is 3. The molecule has 2 aliphatic rings. The van der Waals surface area contributed by atoms with Crippen molar-refractivity contribution in [3.8, 4) is 0 Å². The molecule has 4 atom stereocenters. The summed E-state index contributed by atoms with van der Waals surface area (Å²) in [6, 6.07) is 17.8. The molecule has 2 heteroatoms. The third-order valence-corrected chi connectivity index (χ3v) is 5.74. The van der Waals surface area contributed by atoms with E-state index in [4.69, 9.17) is 5.73 Å². The Morgan fingerprint density at radius 2 is 2.00 bits per heavy atom. The van der Waals surface area contributed by atoms with Crippen molar-refractivity contribution in [2.24, 2.45) is 17.6 Å². The summed E-state index contributed by atoms with van der Waals surface area (Å²) in [6.45, 7) is 0. The maximum absolute atomic E-state index is 6.56. The predicted molar refractivity (Wildman–Crippen MR) is 90.3 cm³/mol. The van der Waals surface area contributed by atoms with E-state index in [0.29, 0.717) is 5.92 Å². The second-order valence-electron chi connectivity index (χ2n) is 6.50. The van der Waals surface area contributed by atoms with Crippen molar-refractivity contribution >= 4 is 15.9 Å². The lowest BCUT2D eigenvalue weighted by molar-refractivity contribution is 0.532. The number of hydrogen-bond acceptors (Lipinski definition) is 1. The van der Waals surface area contributed by atoms with Gasteiger partial charge in [-0.2, -0.15) is 0 Å². The fraction of sp³-hybridized carbons (Fsp3) is 0.368. The zero-order chi connectivity index (χ0) is 14.4. The van der Waals surface area contributed by atoms with Crippen LogP contribution in [0.3, 0.4) is 0 Å².